The van der Waals surface area contributed by atoms with Gasteiger partial charge in [-0.15, -0.1) is 11.8 Å². The number of allylic oxidation sites excluding steroid dienone is 2. The molecule has 1 saturated carbocycles. The molecule has 3 rings (SSSR count). The first-order valence-corrected chi connectivity index (χ1v) is 7.62. The van der Waals surface area contributed by atoms with Gasteiger partial charge >= 0.3 is 5.97 Å². The molecule has 0 bridgehead atoms. The smallest absolute Gasteiger partial charge is 0.361 e. The lowest BCUT2D eigenvalue weighted by molar-refractivity contribution is 0.0586. The van der Waals surface area contributed by atoms with Gasteiger partial charge in [0.05, 0.1) is 12.0 Å². The number of carbonyl (C=O) groups excluding carboxylic acids is 3. The molecule has 0 atom stereocenters. The summed E-state index contributed by atoms with van der Waals surface area (Å²) in [6.07, 6.45) is 4.81. The van der Waals surface area contributed by atoms with E-state index in [0.717, 1.165) is 18.6 Å². The number of aromatic nitrogens is 1. The average Bonchev–Trinajstić information content (AvgIpc) is 2.87. The van der Waals surface area contributed by atoms with Gasteiger partial charge in [-0.3, -0.25) is 9.59 Å². The van der Waals surface area contributed by atoms with E-state index in [0.29, 0.717) is 10.8 Å². The van der Waals surface area contributed by atoms with Crippen molar-refractivity contribution in [1.29, 1.82) is 0 Å². The van der Waals surface area contributed by atoms with Gasteiger partial charge in [-0.1, -0.05) is 11.6 Å². The third-order valence-corrected chi connectivity index (χ3v) is 4.96. The predicted molar refractivity (Wildman–Crippen MR) is 74.4 cm³/mol. The number of hydrogen-bond acceptors (Lipinski definition) is 7. The predicted octanol–water partition coefficient (Wildman–Crippen LogP) is 2.26. The van der Waals surface area contributed by atoms with Gasteiger partial charge in [0.25, 0.3) is 0 Å². The van der Waals surface area contributed by atoms with Crippen molar-refractivity contribution in [2.24, 2.45) is 5.92 Å². The Balaban J connectivity index is 1.86. The Kier molecular flexibility index (Phi) is 3.67. The maximum atomic E-state index is 12.4. The highest BCUT2D eigenvalue weighted by Gasteiger charge is 2.36. The summed E-state index contributed by atoms with van der Waals surface area (Å²) in [6, 6.07) is 0. The molecule has 0 aromatic carbocycles. The van der Waals surface area contributed by atoms with Crippen LogP contribution in [-0.2, 0) is 4.74 Å². The molecule has 1 aromatic rings. The lowest BCUT2D eigenvalue weighted by Crippen LogP contribution is -2.19. The second kappa shape index (κ2) is 5.48. The number of methoxy groups -OCH3 is 1. The zero-order valence-electron chi connectivity index (χ0n) is 11.4. The molecule has 0 aliphatic heterocycles. The minimum absolute atomic E-state index is 0.0783. The Labute approximate surface area is 124 Å². The molecule has 0 spiro atoms. The van der Waals surface area contributed by atoms with E-state index in [-0.39, 0.29) is 17.0 Å². The minimum atomic E-state index is -0.786. The number of hydrogen-bond donors (Lipinski definition) is 0. The Hall–Kier alpha value is -1.89. The number of Topliss-reactive ketones (excluding diaryl/α,β-unsaturated/α-hetero) is 1. The SMILES string of the molecule is COC(=O)c1noc2c1C(=O)C(SCC1CCC1)=CC2=O. The van der Waals surface area contributed by atoms with Crippen molar-refractivity contribution < 1.29 is 23.6 Å². The van der Waals surface area contributed by atoms with Crippen LogP contribution in [0.5, 0.6) is 0 Å². The number of nitrogens with zero attached hydrogens (tertiary/aromatic N) is 1. The maximum Gasteiger partial charge on any atom is 0.361 e. The van der Waals surface area contributed by atoms with Crippen molar-refractivity contribution in [2.45, 2.75) is 19.3 Å². The van der Waals surface area contributed by atoms with Gasteiger partial charge in [-0.2, -0.15) is 0 Å². The second-order valence-electron chi connectivity index (χ2n) is 5.04. The lowest BCUT2D eigenvalue weighted by atomic mass is 9.87. The molecular weight excluding hydrogens is 294 g/mol. The molecule has 1 heterocycles. The summed E-state index contributed by atoms with van der Waals surface area (Å²) >= 11 is 1.36. The number of ether oxygens (including phenoxy) is 1. The molecule has 1 aromatic heterocycles. The van der Waals surface area contributed by atoms with E-state index in [9.17, 15) is 14.4 Å². The van der Waals surface area contributed by atoms with Crippen molar-refractivity contribution in [1.82, 2.24) is 5.16 Å². The minimum Gasteiger partial charge on any atom is -0.464 e. The monoisotopic (exact) mass is 307 g/mol. The quantitative estimate of drug-likeness (QED) is 0.788. The van der Waals surface area contributed by atoms with Crippen LogP contribution in [-0.4, -0.2) is 35.6 Å². The molecule has 0 saturated heterocycles. The molecule has 21 heavy (non-hydrogen) atoms. The third-order valence-electron chi connectivity index (χ3n) is 3.71. The zero-order chi connectivity index (χ0) is 15.0. The van der Waals surface area contributed by atoms with Gasteiger partial charge in [0.1, 0.15) is 5.56 Å². The van der Waals surface area contributed by atoms with Gasteiger partial charge in [-0.25, -0.2) is 4.79 Å². The van der Waals surface area contributed by atoms with Crippen LogP contribution in [0.4, 0.5) is 0 Å². The van der Waals surface area contributed by atoms with E-state index in [1.807, 2.05) is 0 Å². The van der Waals surface area contributed by atoms with Crippen LogP contribution in [0, 0.1) is 5.92 Å². The van der Waals surface area contributed by atoms with E-state index in [4.69, 9.17) is 4.52 Å². The first-order valence-electron chi connectivity index (χ1n) is 6.63. The molecule has 2 aliphatic rings. The van der Waals surface area contributed by atoms with Crippen molar-refractivity contribution in [3.63, 3.8) is 0 Å². The topological polar surface area (TPSA) is 86.5 Å². The van der Waals surface area contributed by atoms with Gasteiger partial charge in [0.2, 0.25) is 23.0 Å². The molecule has 110 valence electrons. The van der Waals surface area contributed by atoms with Crippen molar-refractivity contribution in [3.05, 3.63) is 28.0 Å². The Morgan fingerprint density at radius 1 is 1.48 bits per heavy atom. The summed E-state index contributed by atoms with van der Waals surface area (Å²) in [5.74, 6) is -0.402. The Morgan fingerprint density at radius 3 is 2.86 bits per heavy atom. The van der Waals surface area contributed by atoms with Crippen LogP contribution in [0.1, 0.15) is 50.7 Å². The summed E-state index contributed by atoms with van der Waals surface area (Å²) in [5.41, 5.74) is -0.314. The van der Waals surface area contributed by atoms with Crippen LogP contribution in [0.25, 0.3) is 0 Å². The van der Waals surface area contributed by atoms with E-state index < -0.39 is 17.5 Å². The Bertz CT molecular complexity index is 656. The van der Waals surface area contributed by atoms with Crippen molar-refractivity contribution in [3.8, 4) is 0 Å². The summed E-state index contributed by atoms with van der Waals surface area (Å²) in [4.78, 5) is 36.3. The molecular formula is C14H13NO5S. The fraction of sp³-hybridized carbons (Fsp3) is 0.429. The highest BCUT2D eigenvalue weighted by Crippen LogP contribution is 2.36. The van der Waals surface area contributed by atoms with Gasteiger partial charge in [-0.05, 0) is 18.8 Å². The average molecular weight is 307 g/mol. The first kappa shape index (κ1) is 14.1. The molecule has 0 unspecified atom stereocenters. The number of carbonyl (C=O) groups is 3. The van der Waals surface area contributed by atoms with Crippen LogP contribution in [0.2, 0.25) is 0 Å². The number of ketones is 2. The first-order chi connectivity index (χ1) is 10.1. The third kappa shape index (κ3) is 2.42. The van der Waals surface area contributed by atoms with Crippen LogP contribution in [0.3, 0.4) is 0 Å². The van der Waals surface area contributed by atoms with Gasteiger partial charge < -0.3 is 9.26 Å². The number of rotatable bonds is 4. The maximum absolute atomic E-state index is 12.4. The van der Waals surface area contributed by atoms with E-state index in [2.05, 4.69) is 9.89 Å². The number of thioether (sulfide) groups is 1. The highest BCUT2D eigenvalue weighted by atomic mass is 32.2. The lowest BCUT2D eigenvalue weighted by Gasteiger charge is -2.25. The molecule has 6 nitrogen and oxygen atoms in total. The largest absolute Gasteiger partial charge is 0.464 e. The molecule has 0 N–H and O–H groups in total. The summed E-state index contributed by atoms with van der Waals surface area (Å²) in [6.45, 7) is 0. The second-order valence-corrected chi connectivity index (χ2v) is 6.10. The van der Waals surface area contributed by atoms with Crippen LogP contribution >= 0.6 is 11.8 Å². The molecule has 0 radical (unpaired) electrons. The van der Waals surface area contributed by atoms with E-state index >= 15 is 0 Å². The molecule has 1 fully saturated rings. The standard InChI is InChI=1S/C14H13NO5S/c1-19-14(18)11-10-12(17)9(21-6-7-3-2-4-7)5-8(16)13(10)20-15-11/h5,7H,2-4,6H2,1H3. The van der Waals surface area contributed by atoms with Gasteiger partial charge in [0, 0.05) is 11.8 Å². The van der Waals surface area contributed by atoms with Crippen LogP contribution < -0.4 is 0 Å². The Morgan fingerprint density at radius 2 is 2.24 bits per heavy atom. The van der Waals surface area contributed by atoms with Crippen LogP contribution in [0.15, 0.2) is 15.5 Å². The zero-order valence-corrected chi connectivity index (χ0v) is 12.2. The summed E-state index contributed by atoms with van der Waals surface area (Å²) in [7, 11) is 1.18. The molecule has 0 amide bonds. The normalized spacial score (nSPS) is 18.0. The van der Waals surface area contributed by atoms with E-state index in [1.54, 1.807) is 0 Å². The van der Waals surface area contributed by atoms with Crippen molar-refractivity contribution in [2.75, 3.05) is 12.9 Å². The highest BCUT2D eigenvalue weighted by molar-refractivity contribution is 8.04. The summed E-state index contributed by atoms with van der Waals surface area (Å²) in [5, 5.41) is 3.49. The fourth-order valence-corrected chi connectivity index (χ4v) is 3.42. The summed E-state index contributed by atoms with van der Waals surface area (Å²) < 4.78 is 9.38. The molecule has 2 aliphatic carbocycles. The number of esters is 1. The fourth-order valence-electron chi connectivity index (χ4n) is 2.25. The molecule has 7 heteroatoms. The van der Waals surface area contributed by atoms with Crippen molar-refractivity contribution >= 4 is 29.3 Å². The van der Waals surface area contributed by atoms with Gasteiger partial charge in [0.15, 0.2) is 0 Å². The number of fused-ring (bicyclic) bond motifs is 1. The van der Waals surface area contributed by atoms with E-state index in [1.165, 1.54) is 31.4 Å².